The molecule has 0 atom stereocenters. The Labute approximate surface area is 611 Å². The van der Waals surface area contributed by atoms with E-state index < -0.39 is 43.2 Å². The van der Waals surface area contributed by atoms with Crippen LogP contribution in [0.2, 0.25) is 0 Å². The molecule has 506 valence electrons. The van der Waals surface area contributed by atoms with Crippen LogP contribution in [0.4, 0.5) is 0 Å². The molecule has 3 aliphatic heterocycles. The zero-order valence-corrected chi connectivity index (χ0v) is 62.7. The van der Waals surface area contributed by atoms with Crippen LogP contribution in [0.1, 0.15) is 18.1 Å². The van der Waals surface area contributed by atoms with Crippen molar-refractivity contribution in [3.05, 3.63) is 436 Å². The van der Waals surface area contributed by atoms with Crippen LogP contribution in [0.3, 0.4) is 0 Å². The highest BCUT2D eigenvalue weighted by Gasteiger charge is 2.40. The number of benzene rings is 14. The standard InChI is InChI=1S/C32H27N3P2.C31H25N3P2.C26H23N3P2/c1-6-16-27(17-7-1)26-32-33-36(28-18-8-2-9-19-28,29-20-10-3-11-21-29)35-37(34-32,30-22-12-4-13-23-30)31-24-14-5-15-25-31;1-6-16-26(17-7-1)31-32-35(27-18-8-2-9-19-27,28-20-10-3-11-21-28)34-36(33-31,29-22-12-4-13-23-29)30-24-14-5-15-25-30;1-22-27-30(23-14-6-2-7-15-23,24-16-8-3-9-17-24)29-31(28-22,25-18-10-4-11-19-25)26-20-12-5-13-21-26/h1-25H,26H2;1-25H;2-21H,1H3. The van der Waals surface area contributed by atoms with Gasteiger partial charge in [0.05, 0.1) is 0 Å². The van der Waals surface area contributed by atoms with E-state index in [0.29, 0.717) is 6.42 Å². The van der Waals surface area contributed by atoms with Crippen molar-refractivity contribution in [2.45, 2.75) is 13.3 Å². The molecule has 0 saturated heterocycles. The monoisotopic (exact) mass is 1460 g/mol. The molecule has 0 unspecified atom stereocenters. The molecule has 0 N–H and O–H groups in total. The Morgan fingerprint density at radius 3 is 0.663 bits per heavy atom. The van der Waals surface area contributed by atoms with Gasteiger partial charge in [0, 0.05) is 75.6 Å². The second kappa shape index (κ2) is 31.6. The first-order chi connectivity index (χ1) is 51.3. The second-order valence-corrected chi connectivity index (χ2v) is 41.6. The SMILES string of the molecule is CC1=NP(c2ccccc2)(c2ccccc2)=NP(c2ccccc2)(c2ccccc2)=N1.c1ccc(C2=NP(c3ccccc3)(c3ccccc3)=NP(c3ccccc3)(c3ccccc3)=N2)cc1.c1ccc(CC2=NP(c3ccccc3)(c3ccccc3)=NP(c3ccccc3)(c3ccccc3)=N2)cc1. The highest BCUT2D eigenvalue weighted by Crippen LogP contribution is 2.68. The topological polar surface area (TPSA) is 111 Å². The summed E-state index contributed by atoms with van der Waals surface area (Å²) < 4.78 is 50.0. The van der Waals surface area contributed by atoms with Crippen LogP contribution in [0.25, 0.3) is 0 Å². The van der Waals surface area contributed by atoms with Gasteiger partial charge in [-0.1, -0.05) is 425 Å². The summed E-state index contributed by atoms with van der Waals surface area (Å²) in [5, 5.41) is 13.8. The lowest BCUT2D eigenvalue weighted by Crippen LogP contribution is -2.23. The Hall–Kier alpha value is -10.5. The number of amidine groups is 3. The van der Waals surface area contributed by atoms with Gasteiger partial charge in [-0.15, -0.1) is 0 Å². The van der Waals surface area contributed by atoms with E-state index in [4.69, 9.17) is 42.1 Å². The van der Waals surface area contributed by atoms with Gasteiger partial charge in [-0.3, -0.25) is 0 Å². The third-order valence-corrected chi connectivity index (χ3v) is 39.6. The summed E-state index contributed by atoms with van der Waals surface area (Å²) in [6, 6.07) is 148. The normalized spacial score (nSPS) is 15.9. The average Bonchev–Trinajstić information content (AvgIpc) is 0.713. The highest BCUT2D eigenvalue weighted by atomic mass is 31.2. The Kier molecular flexibility index (Phi) is 21.0. The van der Waals surface area contributed by atoms with Gasteiger partial charge in [-0.2, -0.15) is 0 Å². The fourth-order valence-corrected chi connectivity index (χ4v) is 36.7. The Morgan fingerprint density at radius 1 is 0.192 bits per heavy atom. The number of nitrogens with zero attached hydrogens (tertiary/aromatic N) is 9. The van der Waals surface area contributed by atoms with E-state index in [-0.39, 0.29) is 0 Å². The van der Waals surface area contributed by atoms with Gasteiger partial charge in [-0.25, -0.2) is 42.1 Å². The van der Waals surface area contributed by atoms with E-state index in [1.807, 2.05) is 37.3 Å². The molecule has 0 aliphatic carbocycles. The zero-order valence-electron chi connectivity index (χ0n) is 57.3. The van der Waals surface area contributed by atoms with Crippen molar-refractivity contribution in [1.29, 1.82) is 0 Å². The summed E-state index contributed by atoms with van der Waals surface area (Å²) in [6.07, 6.45) is 0.666. The second-order valence-electron chi connectivity index (χ2n) is 24.8. The van der Waals surface area contributed by atoms with Crippen molar-refractivity contribution < 1.29 is 0 Å². The first-order valence-electron chi connectivity index (χ1n) is 34.6. The molecule has 0 amide bonds. The minimum Gasteiger partial charge on any atom is -0.223 e. The summed E-state index contributed by atoms with van der Waals surface area (Å²) >= 11 is 0. The van der Waals surface area contributed by atoms with E-state index in [9.17, 15) is 0 Å². The van der Waals surface area contributed by atoms with Crippen LogP contribution in [-0.2, 0) is 6.42 Å². The molecule has 15 heteroatoms. The smallest absolute Gasteiger partial charge is 0.161 e. The van der Waals surface area contributed by atoms with Crippen molar-refractivity contribution in [1.82, 2.24) is 0 Å². The Bertz CT molecular complexity index is 5210. The Morgan fingerprint density at radius 2 is 0.394 bits per heavy atom. The molecule has 0 radical (unpaired) electrons. The maximum absolute atomic E-state index is 5.89. The fraction of sp³-hybridized carbons (Fsp3) is 0.0225. The van der Waals surface area contributed by atoms with E-state index in [1.165, 1.54) is 5.56 Å². The van der Waals surface area contributed by atoms with Gasteiger partial charge in [0.1, 0.15) is 54.9 Å². The quantitative estimate of drug-likeness (QED) is 0.0911. The summed E-state index contributed by atoms with van der Waals surface area (Å²) in [4.78, 5) is 0. The van der Waals surface area contributed by atoms with Crippen molar-refractivity contribution in [2.24, 2.45) is 42.1 Å². The third-order valence-electron chi connectivity index (χ3n) is 18.0. The average molecular weight is 1460 g/mol. The van der Waals surface area contributed by atoms with Gasteiger partial charge in [0.15, 0.2) is 5.84 Å². The van der Waals surface area contributed by atoms with Crippen molar-refractivity contribution in [3.8, 4) is 0 Å². The summed E-state index contributed by atoms with van der Waals surface area (Å²) in [5.74, 6) is 2.45. The Balaban J connectivity index is 0.000000126. The van der Waals surface area contributed by atoms with Crippen molar-refractivity contribution >= 4 is 124 Å². The molecule has 0 aromatic heterocycles. The lowest BCUT2D eigenvalue weighted by atomic mass is 10.1. The maximum Gasteiger partial charge on any atom is 0.161 e. The van der Waals surface area contributed by atoms with Gasteiger partial charge in [0.2, 0.25) is 0 Å². The van der Waals surface area contributed by atoms with Crippen LogP contribution in [-0.4, -0.2) is 17.5 Å². The zero-order chi connectivity index (χ0) is 70.4. The van der Waals surface area contributed by atoms with Crippen LogP contribution in [0.5, 0.6) is 0 Å². The molecule has 3 heterocycles. The molecule has 0 fully saturated rings. The third kappa shape index (κ3) is 14.2. The largest absolute Gasteiger partial charge is 0.223 e. The molecule has 17 rings (SSSR count). The fourth-order valence-electron chi connectivity index (χ4n) is 13.2. The maximum atomic E-state index is 5.89. The highest BCUT2D eigenvalue weighted by molar-refractivity contribution is 7.92. The molecule has 0 spiro atoms. The van der Waals surface area contributed by atoms with E-state index in [2.05, 4.69) is 394 Å². The van der Waals surface area contributed by atoms with Gasteiger partial charge < -0.3 is 0 Å². The number of rotatable bonds is 15. The molecule has 14 aromatic carbocycles. The van der Waals surface area contributed by atoms with E-state index in [0.717, 1.165) is 86.7 Å². The molecular formula is C89H75N9P6. The van der Waals surface area contributed by atoms with Crippen LogP contribution >= 0.6 is 43.2 Å². The summed E-state index contributed by atoms with van der Waals surface area (Å²) in [7, 11) is -15.2. The number of hydrogen-bond acceptors (Lipinski definition) is 9. The van der Waals surface area contributed by atoms with Crippen molar-refractivity contribution in [2.75, 3.05) is 0 Å². The molecule has 9 nitrogen and oxygen atoms in total. The molecular weight excluding hydrogens is 1380 g/mol. The van der Waals surface area contributed by atoms with Gasteiger partial charge in [0.25, 0.3) is 0 Å². The first kappa shape index (κ1) is 69.2. The van der Waals surface area contributed by atoms with Crippen molar-refractivity contribution in [3.63, 3.8) is 0 Å². The lowest BCUT2D eigenvalue weighted by molar-refractivity contribution is 1.29. The van der Waals surface area contributed by atoms with Gasteiger partial charge >= 0.3 is 0 Å². The molecule has 0 bridgehead atoms. The van der Waals surface area contributed by atoms with E-state index in [1.54, 1.807) is 0 Å². The van der Waals surface area contributed by atoms with Crippen LogP contribution in [0.15, 0.2) is 467 Å². The molecule has 14 aromatic rings. The minimum absolute atomic E-state index is 0.666. The summed E-state index contributed by atoms with van der Waals surface area (Å²) in [6.45, 7) is 2.02. The first-order valence-corrected chi connectivity index (χ1v) is 44.8. The van der Waals surface area contributed by atoms with E-state index >= 15 is 0 Å². The molecule has 3 aliphatic rings. The van der Waals surface area contributed by atoms with Gasteiger partial charge in [-0.05, 0) is 12.5 Å². The molecule has 0 saturated carbocycles. The minimum atomic E-state index is -2.60. The van der Waals surface area contributed by atoms with Crippen LogP contribution < -0.4 is 63.7 Å². The number of hydrogen-bond donors (Lipinski definition) is 0. The molecule has 104 heavy (non-hydrogen) atoms. The van der Waals surface area contributed by atoms with Crippen LogP contribution in [0, 0.1) is 0 Å². The predicted octanol–water partition coefficient (Wildman–Crippen LogP) is 20.1. The predicted molar refractivity (Wildman–Crippen MR) is 453 cm³/mol. The lowest BCUT2D eigenvalue weighted by Gasteiger charge is -2.33. The summed E-state index contributed by atoms with van der Waals surface area (Å²) in [5.41, 5.74) is 2.21.